The topological polar surface area (TPSA) is 101 Å². The molecule has 0 saturated heterocycles. The maximum absolute atomic E-state index is 12.1. The number of hydrogen-bond acceptors (Lipinski definition) is 4. The smallest absolute Gasteiger partial charge is 0.311 e. The second kappa shape index (κ2) is 7.27. The Hall–Kier alpha value is -2.67. The highest BCUT2D eigenvalue weighted by molar-refractivity contribution is 7.90. The molecule has 0 bridgehead atoms. The van der Waals surface area contributed by atoms with Crippen molar-refractivity contribution in [2.24, 2.45) is 0 Å². The Morgan fingerprint density at radius 1 is 1.04 bits per heavy atom. The van der Waals surface area contributed by atoms with Gasteiger partial charge in [0.1, 0.15) is 0 Å². The molecule has 126 valence electrons. The molecule has 0 radical (unpaired) electrons. The Labute approximate surface area is 140 Å². The van der Waals surface area contributed by atoms with E-state index in [0.717, 1.165) is 6.26 Å². The Morgan fingerprint density at radius 3 is 2.12 bits per heavy atom. The van der Waals surface area contributed by atoms with E-state index in [1.807, 2.05) is 0 Å². The van der Waals surface area contributed by atoms with Crippen molar-refractivity contribution in [3.63, 3.8) is 0 Å². The van der Waals surface area contributed by atoms with Crippen molar-refractivity contribution in [2.75, 3.05) is 11.6 Å². The van der Waals surface area contributed by atoms with Crippen LogP contribution < -0.4 is 5.32 Å². The van der Waals surface area contributed by atoms with Gasteiger partial charge in [-0.05, 0) is 29.8 Å². The first kappa shape index (κ1) is 17.7. The molecule has 2 aromatic rings. The third-order valence-electron chi connectivity index (χ3n) is 3.46. The largest absolute Gasteiger partial charge is 0.481 e. The van der Waals surface area contributed by atoms with Crippen LogP contribution in [0.25, 0.3) is 0 Å². The summed E-state index contributed by atoms with van der Waals surface area (Å²) in [5, 5.41) is 11.9. The quantitative estimate of drug-likeness (QED) is 0.835. The van der Waals surface area contributed by atoms with Crippen LogP contribution in [-0.2, 0) is 19.4 Å². The minimum absolute atomic E-state index is 0.146. The minimum atomic E-state index is -3.30. The van der Waals surface area contributed by atoms with E-state index in [4.69, 9.17) is 0 Å². The van der Waals surface area contributed by atoms with Crippen molar-refractivity contribution in [2.45, 2.75) is 17.2 Å². The van der Waals surface area contributed by atoms with Crippen LogP contribution in [0.3, 0.4) is 0 Å². The number of amides is 1. The lowest BCUT2D eigenvalue weighted by Crippen LogP contribution is -2.20. The molecule has 6 nitrogen and oxygen atoms in total. The van der Waals surface area contributed by atoms with Gasteiger partial charge in [-0.2, -0.15) is 0 Å². The summed E-state index contributed by atoms with van der Waals surface area (Å²) in [6, 6.07) is 14.2. The van der Waals surface area contributed by atoms with Gasteiger partial charge in [0.25, 0.3) is 0 Å². The fraction of sp³-hybridized carbons (Fsp3) is 0.176. The van der Waals surface area contributed by atoms with Gasteiger partial charge in [-0.1, -0.05) is 30.3 Å². The summed E-state index contributed by atoms with van der Waals surface area (Å²) in [5.74, 6) is -2.48. The van der Waals surface area contributed by atoms with Crippen molar-refractivity contribution in [3.8, 4) is 0 Å². The summed E-state index contributed by atoms with van der Waals surface area (Å²) >= 11 is 0. The van der Waals surface area contributed by atoms with Gasteiger partial charge in [0.05, 0.1) is 10.8 Å². The predicted molar refractivity (Wildman–Crippen MR) is 89.6 cm³/mol. The van der Waals surface area contributed by atoms with Gasteiger partial charge in [-0.25, -0.2) is 8.42 Å². The number of hydrogen-bond donors (Lipinski definition) is 2. The standard InChI is InChI=1S/C17H17NO5S/c1-24(22,23)14-9-7-13(8-10-14)18-16(19)11-15(17(20)21)12-5-3-2-4-6-12/h2-10,15H,11H2,1H3,(H,18,19)(H,20,21)/t15-/m0/s1. The molecule has 7 heteroatoms. The number of benzene rings is 2. The molecule has 0 aliphatic carbocycles. The maximum atomic E-state index is 12.1. The van der Waals surface area contributed by atoms with Crippen LogP contribution in [-0.4, -0.2) is 31.7 Å². The van der Waals surface area contributed by atoms with E-state index in [1.54, 1.807) is 30.3 Å². The molecule has 0 aliphatic heterocycles. The van der Waals surface area contributed by atoms with E-state index in [9.17, 15) is 23.1 Å². The number of aliphatic carboxylic acids is 1. The predicted octanol–water partition coefficient (Wildman–Crippen LogP) is 2.29. The Balaban J connectivity index is 2.08. The van der Waals surface area contributed by atoms with Crippen LogP contribution >= 0.6 is 0 Å². The fourth-order valence-corrected chi connectivity index (χ4v) is 2.85. The average molecular weight is 347 g/mol. The van der Waals surface area contributed by atoms with E-state index in [0.29, 0.717) is 11.3 Å². The molecular formula is C17H17NO5S. The zero-order valence-corrected chi connectivity index (χ0v) is 13.8. The molecule has 0 fully saturated rings. The second-order valence-electron chi connectivity index (χ2n) is 5.35. The molecule has 0 aliphatic rings. The zero-order chi connectivity index (χ0) is 17.7. The van der Waals surface area contributed by atoms with Crippen LogP contribution in [0.4, 0.5) is 5.69 Å². The molecule has 0 saturated carbocycles. The SMILES string of the molecule is CS(=O)(=O)c1ccc(NC(=O)C[C@H](C(=O)O)c2ccccc2)cc1. The van der Waals surface area contributed by atoms with Crippen LogP contribution in [0.15, 0.2) is 59.5 Å². The summed E-state index contributed by atoms with van der Waals surface area (Å²) in [6.07, 6.45) is 0.880. The van der Waals surface area contributed by atoms with Crippen molar-refractivity contribution in [1.82, 2.24) is 0 Å². The molecule has 0 spiro atoms. The Kier molecular flexibility index (Phi) is 5.35. The minimum Gasteiger partial charge on any atom is -0.481 e. The molecule has 0 heterocycles. The molecule has 0 aromatic heterocycles. The van der Waals surface area contributed by atoms with E-state index >= 15 is 0 Å². The van der Waals surface area contributed by atoms with Gasteiger partial charge in [0.15, 0.2) is 9.84 Å². The van der Waals surface area contributed by atoms with E-state index < -0.39 is 27.6 Å². The number of carbonyl (C=O) groups excluding carboxylic acids is 1. The van der Waals surface area contributed by atoms with Gasteiger partial charge in [-0.3, -0.25) is 9.59 Å². The van der Waals surface area contributed by atoms with Crippen molar-refractivity contribution in [1.29, 1.82) is 0 Å². The molecule has 0 unspecified atom stereocenters. The van der Waals surface area contributed by atoms with Gasteiger partial charge in [-0.15, -0.1) is 0 Å². The lowest BCUT2D eigenvalue weighted by atomic mass is 9.95. The van der Waals surface area contributed by atoms with Crippen LogP contribution in [0.5, 0.6) is 0 Å². The normalized spacial score (nSPS) is 12.4. The Bertz CT molecular complexity index is 829. The highest BCUT2D eigenvalue weighted by Gasteiger charge is 2.23. The number of rotatable bonds is 6. The van der Waals surface area contributed by atoms with Gasteiger partial charge in [0.2, 0.25) is 5.91 Å². The first-order valence-corrected chi connectivity index (χ1v) is 9.04. The molecule has 24 heavy (non-hydrogen) atoms. The first-order chi connectivity index (χ1) is 11.3. The molecule has 2 N–H and O–H groups in total. The van der Waals surface area contributed by atoms with Gasteiger partial charge in [0, 0.05) is 18.4 Å². The van der Waals surface area contributed by atoms with E-state index in [-0.39, 0.29) is 11.3 Å². The van der Waals surface area contributed by atoms with Gasteiger partial charge < -0.3 is 10.4 Å². The number of carboxylic acid groups (broad SMARTS) is 1. The molecular weight excluding hydrogens is 330 g/mol. The van der Waals surface area contributed by atoms with Crippen molar-refractivity contribution < 1.29 is 23.1 Å². The monoisotopic (exact) mass is 347 g/mol. The van der Waals surface area contributed by atoms with Crippen LogP contribution in [0.2, 0.25) is 0 Å². The summed E-state index contributed by atoms with van der Waals surface area (Å²) in [6.45, 7) is 0. The highest BCUT2D eigenvalue weighted by Crippen LogP contribution is 2.21. The van der Waals surface area contributed by atoms with Crippen molar-refractivity contribution in [3.05, 3.63) is 60.2 Å². The number of carboxylic acids is 1. The number of sulfone groups is 1. The highest BCUT2D eigenvalue weighted by atomic mass is 32.2. The summed E-state index contributed by atoms with van der Waals surface area (Å²) < 4.78 is 22.8. The summed E-state index contributed by atoms with van der Waals surface area (Å²) in [5.41, 5.74) is 0.956. The summed E-state index contributed by atoms with van der Waals surface area (Å²) in [7, 11) is -3.30. The maximum Gasteiger partial charge on any atom is 0.311 e. The molecule has 2 aromatic carbocycles. The number of carbonyl (C=O) groups is 2. The van der Waals surface area contributed by atoms with Crippen LogP contribution in [0.1, 0.15) is 17.9 Å². The third-order valence-corrected chi connectivity index (χ3v) is 4.58. The van der Waals surface area contributed by atoms with E-state index in [2.05, 4.69) is 5.32 Å². The van der Waals surface area contributed by atoms with E-state index in [1.165, 1.54) is 24.3 Å². The van der Waals surface area contributed by atoms with Crippen LogP contribution in [0, 0.1) is 0 Å². The number of anilines is 1. The lowest BCUT2D eigenvalue weighted by Gasteiger charge is -2.13. The van der Waals surface area contributed by atoms with Crippen molar-refractivity contribution >= 4 is 27.4 Å². The lowest BCUT2D eigenvalue weighted by molar-refractivity contribution is -0.140. The summed E-state index contributed by atoms with van der Waals surface area (Å²) in [4.78, 5) is 23.6. The average Bonchev–Trinajstić information content (AvgIpc) is 2.53. The fourth-order valence-electron chi connectivity index (χ4n) is 2.22. The Morgan fingerprint density at radius 2 is 1.62 bits per heavy atom. The zero-order valence-electron chi connectivity index (χ0n) is 13.0. The number of nitrogens with one attached hydrogen (secondary N) is 1. The molecule has 2 rings (SSSR count). The molecule has 1 atom stereocenters. The first-order valence-electron chi connectivity index (χ1n) is 7.15. The third kappa shape index (κ3) is 4.66. The second-order valence-corrected chi connectivity index (χ2v) is 7.37. The molecule has 1 amide bonds. The van der Waals surface area contributed by atoms with Gasteiger partial charge >= 0.3 is 5.97 Å².